The van der Waals surface area contributed by atoms with Crippen LogP contribution in [0, 0.1) is 102 Å². The zero-order chi connectivity index (χ0) is 55.2. The van der Waals surface area contributed by atoms with Gasteiger partial charge in [0.05, 0.1) is 138 Å². The predicted octanol–water partition coefficient (Wildman–Crippen LogP) is 14.5. The van der Waals surface area contributed by atoms with Crippen molar-refractivity contribution in [1.29, 1.82) is 47.4 Å². The van der Waals surface area contributed by atoms with E-state index in [1.807, 2.05) is 97.1 Å². The van der Waals surface area contributed by atoms with E-state index in [9.17, 15) is 47.4 Å². The van der Waals surface area contributed by atoms with Crippen LogP contribution in [0.2, 0.25) is 0 Å². The van der Waals surface area contributed by atoms with Crippen LogP contribution in [0.15, 0.2) is 182 Å². The lowest BCUT2D eigenvalue weighted by atomic mass is 9.97. The van der Waals surface area contributed by atoms with E-state index < -0.39 is 0 Å². The summed E-state index contributed by atoms with van der Waals surface area (Å²) in [7, 11) is 0. The first-order chi connectivity index (χ1) is 39.2. The van der Waals surface area contributed by atoms with Crippen molar-refractivity contribution < 1.29 is 0 Å². The monoisotopic (exact) mass is 1010 g/mol. The molecule has 0 saturated carbocycles. The van der Waals surface area contributed by atoms with Crippen LogP contribution in [0.1, 0.15) is 50.1 Å². The van der Waals surface area contributed by atoms with Gasteiger partial charge in [0.25, 0.3) is 0 Å². The summed E-state index contributed by atoms with van der Waals surface area (Å²) in [5.74, 6) is 0. The normalized spacial score (nSPS) is 10.6. The molecule has 0 saturated heterocycles. The summed E-state index contributed by atoms with van der Waals surface area (Å²) in [6, 6.07) is 71.3. The first kappa shape index (κ1) is 48.1. The standard InChI is InChI=1S/C68H30N12/c69-31-40-13-41(32-70)18-54(17-40)50-1-5-62-58(27-50)59-28-51(55-19-42(33-71)14-43(20-55)34-72)2-6-63(59)79(62)66-25-48(39-77)26-67(68(66)49-9-11-78-12-10-49)80-64-7-3-52(56-21-44(35-73)15-45(22-56)36-74)29-60(64)61-30-53(4-8-65(61)80)57-23-46(37-75)16-47(24-57)38-76/h1-30H. The SMILES string of the molecule is N#Cc1cc(C#N)cc(-c2ccc3c(c2)c2cc(-c4cc(C#N)cc(C#N)c4)ccc2n3-c2cc(C#N)cc(-n3c4ccc(-c5cc(C#N)cc(C#N)c5)cc4c4cc(-c5cc(C#N)cc(C#N)c5)ccc43)c2-c2ccncc2)c1. The van der Waals surface area contributed by atoms with Crippen LogP contribution in [-0.4, -0.2) is 14.1 Å². The number of benzene rings is 9. The highest BCUT2D eigenvalue weighted by Gasteiger charge is 2.25. The number of hydrogen-bond acceptors (Lipinski definition) is 10. The zero-order valence-electron chi connectivity index (χ0n) is 41.7. The van der Waals surface area contributed by atoms with Crippen LogP contribution < -0.4 is 0 Å². The molecule has 0 fully saturated rings. The Morgan fingerprint density at radius 1 is 0.237 bits per heavy atom. The molecule has 0 aliphatic heterocycles. The minimum atomic E-state index is 0.331. The molecule has 0 atom stereocenters. The molecule has 0 aliphatic carbocycles. The zero-order valence-corrected chi connectivity index (χ0v) is 41.7. The third-order valence-corrected chi connectivity index (χ3v) is 14.3. The molecule has 0 radical (unpaired) electrons. The van der Waals surface area contributed by atoms with Crippen molar-refractivity contribution in [2.24, 2.45) is 0 Å². The molecular formula is C68H30N12. The van der Waals surface area contributed by atoms with Crippen LogP contribution in [0.25, 0.3) is 111 Å². The van der Waals surface area contributed by atoms with E-state index in [-0.39, 0.29) is 0 Å². The smallest absolute Gasteiger partial charge is 0.0993 e. The molecule has 0 aliphatic rings. The molecule has 0 N–H and O–H groups in total. The molecule has 0 amide bonds. The second-order valence-corrected chi connectivity index (χ2v) is 18.9. The Morgan fingerprint density at radius 2 is 0.475 bits per heavy atom. The highest BCUT2D eigenvalue weighted by molar-refractivity contribution is 6.14. The van der Waals surface area contributed by atoms with Gasteiger partial charge in [0, 0.05) is 39.5 Å². The molecule has 80 heavy (non-hydrogen) atoms. The van der Waals surface area contributed by atoms with Gasteiger partial charge in [0.1, 0.15) is 0 Å². The predicted molar refractivity (Wildman–Crippen MR) is 303 cm³/mol. The number of nitriles is 9. The molecule has 0 unspecified atom stereocenters. The van der Waals surface area contributed by atoms with Crippen molar-refractivity contribution in [2.75, 3.05) is 0 Å². The van der Waals surface area contributed by atoms with Crippen LogP contribution in [-0.2, 0) is 0 Å². The van der Waals surface area contributed by atoms with Crippen LogP contribution in [0.4, 0.5) is 0 Å². The van der Waals surface area contributed by atoms with Gasteiger partial charge in [-0.1, -0.05) is 24.3 Å². The summed E-state index contributed by atoms with van der Waals surface area (Å²) in [6.45, 7) is 0. The van der Waals surface area contributed by atoms with Crippen LogP contribution >= 0.6 is 0 Å². The molecule has 362 valence electrons. The Kier molecular flexibility index (Phi) is 11.7. The fourth-order valence-corrected chi connectivity index (χ4v) is 10.8. The number of hydrogen-bond donors (Lipinski definition) is 0. The van der Waals surface area contributed by atoms with Crippen molar-refractivity contribution >= 4 is 43.6 Å². The molecule has 9 aromatic carbocycles. The molecule has 0 spiro atoms. The van der Waals surface area contributed by atoms with E-state index in [1.54, 1.807) is 85.2 Å². The van der Waals surface area contributed by atoms with Gasteiger partial charge in [0.2, 0.25) is 0 Å². The minimum Gasteiger partial charge on any atom is -0.308 e. The Balaban J connectivity index is 1.19. The highest BCUT2D eigenvalue weighted by atomic mass is 15.0. The average molecular weight is 1020 g/mol. The largest absolute Gasteiger partial charge is 0.308 e. The summed E-state index contributed by atoms with van der Waals surface area (Å²) in [5, 5.41) is 94.1. The molecule has 12 aromatic rings. The fourth-order valence-electron chi connectivity index (χ4n) is 10.8. The lowest BCUT2D eigenvalue weighted by Gasteiger charge is -2.21. The van der Waals surface area contributed by atoms with Gasteiger partial charge in [-0.25, -0.2) is 0 Å². The van der Waals surface area contributed by atoms with E-state index in [4.69, 9.17) is 0 Å². The minimum absolute atomic E-state index is 0.331. The van der Waals surface area contributed by atoms with E-state index in [2.05, 4.69) is 68.7 Å². The summed E-state index contributed by atoms with van der Waals surface area (Å²) in [5.41, 5.74) is 14.4. The average Bonchev–Trinajstić information content (AvgIpc) is 4.08. The maximum atomic E-state index is 11.1. The molecule has 0 bridgehead atoms. The molecule has 3 aromatic heterocycles. The Bertz CT molecular complexity index is 4440. The highest BCUT2D eigenvalue weighted by Crippen LogP contribution is 2.45. The maximum Gasteiger partial charge on any atom is 0.0993 e. The Labute approximate surface area is 456 Å². The van der Waals surface area contributed by atoms with E-state index in [0.717, 1.165) is 77.0 Å². The van der Waals surface area contributed by atoms with Crippen molar-refractivity contribution in [2.45, 2.75) is 0 Å². The number of aromatic nitrogens is 3. The van der Waals surface area contributed by atoms with Gasteiger partial charge in [-0.15, -0.1) is 0 Å². The third kappa shape index (κ3) is 8.17. The quantitative estimate of drug-likeness (QED) is 0.146. The topological polar surface area (TPSA) is 237 Å². The summed E-state index contributed by atoms with van der Waals surface area (Å²) >= 11 is 0. The number of rotatable bonds is 7. The Hall–Kier alpha value is -12.9. The summed E-state index contributed by atoms with van der Waals surface area (Å²) in [4.78, 5) is 4.41. The van der Waals surface area contributed by atoms with Gasteiger partial charge in [0.15, 0.2) is 0 Å². The van der Waals surface area contributed by atoms with Crippen molar-refractivity contribution in [3.63, 3.8) is 0 Å². The Morgan fingerprint density at radius 3 is 0.713 bits per heavy atom. The molecular weight excluding hydrogens is 985 g/mol. The molecule has 12 heteroatoms. The van der Waals surface area contributed by atoms with Gasteiger partial charge in [-0.3, -0.25) is 4.98 Å². The van der Waals surface area contributed by atoms with Gasteiger partial charge in [-0.2, -0.15) is 47.4 Å². The van der Waals surface area contributed by atoms with E-state index >= 15 is 0 Å². The van der Waals surface area contributed by atoms with Gasteiger partial charge < -0.3 is 9.13 Å². The van der Waals surface area contributed by atoms with Gasteiger partial charge >= 0.3 is 0 Å². The molecule has 12 rings (SSSR count). The van der Waals surface area contributed by atoms with Gasteiger partial charge in [-0.05, 0) is 196 Å². The number of fused-ring (bicyclic) bond motifs is 6. The van der Waals surface area contributed by atoms with Crippen LogP contribution in [0.5, 0.6) is 0 Å². The number of pyridine rings is 1. The summed E-state index contributed by atoms with van der Waals surface area (Å²) < 4.78 is 4.23. The van der Waals surface area contributed by atoms with E-state index in [1.165, 1.54) is 0 Å². The summed E-state index contributed by atoms with van der Waals surface area (Å²) in [6.07, 6.45) is 3.42. The first-order valence-corrected chi connectivity index (χ1v) is 24.6. The van der Waals surface area contributed by atoms with Crippen molar-refractivity contribution in [3.8, 4) is 122 Å². The maximum absolute atomic E-state index is 11.1. The molecule has 3 heterocycles. The van der Waals surface area contributed by atoms with Crippen LogP contribution in [0.3, 0.4) is 0 Å². The number of nitrogens with zero attached hydrogens (tertiary/aromatic N) is 12. The van der Waals surface area contributed by atoms with E-state index in [0.29, 0.717) is 83.7 Å². The molecule has 12 nitrogen and oxygen atoms in total. The van der Waals surface area contributed by atoms with Crippen molar-refractivity contribution in [3.05, 3.63) is 232 Å². The third-order valence-electron chi connectivity index (χ3n) is 14.3. The first-order valence-electron chi connectivity index (χ1n) is 24.6. The lowest BCUT2D eigenvalue weighted by Crippen LogP contribution is -2.05. The second-order valence-electron chi connectivity index (χ2n) is 18.9. The van der Waals surface area contributed by atoms with Crippen molar-refractivity contribution in [1.82, 2.24) is 14.1 Å². The fraction of sp³-hybridized carbons (Fsp3) is 0. The second kappa shape index (κ2) is 19.4. The lowest BCUT2D eigenvalue weighted by molar-refractivity contribution is 1.13.